The van der Waals surface area contributed by atoms with Crippen LogP contribution in [-0.4, -0.2) is 23.4 Å². The first-order valence-corrected chi connectivity index (χ1v) is 11.8. The second kappa shape index (κ2) is 9.85. The molecular formula is C29H16ClF3N2O4. The van der Waals surface area contributed by atoms with Crippen LogP contribution in [0.25, 0.3) is 0 Å². The number of anilines is 2. The van der Waals surface area contributed by atoms with Gasteiger partial charge in [0.05, 0.1) is 27.5 Å². The third-order valence-corrected chi connectivity index (χ3v) is 6.48. The molecule has 0 saturated heterocycles. The molecule has 4 aromatic carbocycles. The molecule has 1 aliphatic rings. The second-order valence-corrected chi connectivity index (χ2v) is 9.02. The Kier molecular flexibility index (Phi) is 6.53. The van der Waals surface area contributed by atoms with Crippen LogP contribution in [0.3, 0.4) is 0 Å². The first kappa shape index (κ1) is 25.9. The van der Waals surface area contributed by atoms with E-state index in [1.807, 2.05) is 0 Å². The molecule has 0 aromatic heterocycles. The van der Waals surface area contributed by atoms with Gasteiger partial charge in [-0.2, -0.15) is 13.2 Å². The van der Waals surface area contributed by atoms with E-state index in [0.717, 1.165) is 18.2 Å². The zero-order chi connectivity index (χ0) is 27.9. The van der Waals surface area contributed by atoms with Crippen molar-refractivity contribution >= 4 is 46.4 Å². The van der Waals surface area contributed by atoms with Crippen LogP contribution in [0.4, 0.5) is 24.5 Å². The Morgan fingerprint density at radius 3 is 1.77 bits per heavy atom. The fourth-order valence-electron chi connectivity index (χ4n) is 4.21. The van der Waals surface area contributed by atoms with E-state index in [2.05, 4.69) is 10.6 Å². The van der Waals surface area contributed by atoms with Crippen molar-refractivity contribution in [3.05, 3.63) is 129 Å². The van der Waals surface area contributed by atoms with Crippen molar-refractivity contribution in [2.45, 2.75) is 6.18 Å². The van der Waals surface area contributed by atoms with Gasteiger partial charge in [0.2, 0.25) is 0 Å². The maximum atomic E-state index is 13.1. The van der Waals surface area contributed by atoms with Gasteiger partial charge >= 0.3 is 6.18 Å². The van der Waals surface area contributed by atoms with Gasteiger partial charge < -0.3 is 10.6 Å². The van der Waals surface area contributed by atoms with Gasteiger partial charge in [-0.1, -0.05) is 48.0 Å². The number of carbonyl (C=O) groups excluding carboxylic acids is 4. The Bertz CT molecular complexity index is 1680. The molecule has 0 fully saturated rings. The quantitative estimate of drug-likeness (QED) is 0.263. The molecule has 6 nitrogen and oxygen atoms in total. The highest BCUT2D eigenvalue weighted by Crippen LogP contribution is 2.34. The first-order chi connectivity index (χ1) is 18.5. The summed E-state index contributed by atoms with van der Waals surface area (Å²) in [5.41, 5.74) is -0.0296. The molecule has 194 valence electrons. The third-order valence-electron chi connectivity index (χ3n) is 6.15. The standard InChI is InChI=1S/C29H16ClF3N2O4/c30-21-13-12-17(29(31,32)33)14-23(21)35-28(39)16-10-8-15(9-11-16)27(38)34-22-7-3-6-20-24(22)26(37)19-5-2-1-4-18(19)25(20)36/h1-14H,(H,34,38)(H,35,39). The molecule has 1 aliphatic carbocycles. The van der Waals surface area contributed by atoms with E-state index in [9.17, 15) is 32.3 Å². The summed E-state index contributed by atoms with van der Waals surface area (Å²) < 4.78 is 39.0. The number of halogens is 4. The highest BCUT2D eigenvalue weighted by atomic mass is 35.5. The van der Waals surface area contributed by atoms with Crippen molar-refractivity contribution in [2.24, 2.45) is 0 Å². The largest absolute Gasteiger partial charge is 0.416 e. The van der Waals surface area contributed by atoms with Crippen molar-refractivity contribution in [2.75, 3.05) is 10.6 Å². The van der Waals surface area contributed by atoms with E-state index in [1.54, 1.807) is 30.3 Å². The Hall–Kier alpha value is -4.76. The molecule has 0 saturated carbocycles. The molecule has 0 heterocycles. The van der Waals surface area contributed by atoms with Crippen molar-refractivity contribution < 1.29 is 32.3 Å². The number of amides is 2. The predicted octanol–water partition coefficient (Wildman–Crippen LogP) is 6.64. The van der Waals surface area contributed by atoms with Gasteiger partial charge in [0.1, 0.15) is 0 Å². The van der Waals surface area contributed by atoms with Crippen LogP contribution in [0, 0.1) is 0 Å². The molecule has 0 bridgehead atoms. The number of ketones is 2. The normalized spacial score (nSPS) is 12.4. The maximum absolute atomic E-state index is 13.1. The van der Waals surface area contributed by atoms with Crippen LogP contribution in [0.1, 0.15) is 58.1 Å². The van der Waals surface area contributed by atoms with Crippen LogP contribution in [0.5, 0.6) is 0 Å². The van der Waals surface area contributed by atoms with Crippen molar-refractivity contribution in [1.82, 2.24) is 0 Å². The van der Waals surface area contributed by atoms with E-state index < -0.39 is 29.3 Å². The molecule has 5 rings (SSSR count). The van der Waals surface area contributed by atoms with E-state index in [-0.39, 0.29) is 50.0 Å². The van der Waals surface area contributed by atoms with Crippen LogP contribution >= 0.6 is 11.6 Å². The average molecular weight is 549 g/mol. The predicted molar refractivity (Wildman–Crippen MR) is 139 cm³/mol. The van der Waals surface area contributed by atoms with E-state index in [0.29, 0.717) is 5.56 Å². The lowest BCUT2D eigenvalue weighted by Gasteiger charge is -2.20. The molecular weight excluding hydrogens is 533 g/mol. The minimum absolute atomic E-state index is 0.0644. The van der Waals surface area contributed by atoms with Gasteiger partial charge in [0, 0.05) is 27.8 Å². The van der Waals surface area contributed by atoms with Gasteiger partial charge in [-0.15, -0.1) is 0 Å². The lowest BCUT2D eigenvalue weighted by Crippen LogP contribution is -2.24. The summed E-state index contributed by atoms with van der Waals surface area (Å²) in [6, 6.07) is 18.9. The number of hydrogen-bond donors (Lipinski definition) is 2. The van der Waals surface area contributed by atoms with Crippen LogP contribution in [0.15, 0.2) is 84.9 Å². The molecule has 0 aliphatic heterocycles. The summed E-state index contributed by atoms with van der Waals surface area (Å²) in [6.45, 7) is 0. The highest BCUT2D eigenvalue weighted by molar-refractivity contribution is 6.34. The lowest BCUT2D eigenvalue weighted by atomic mass is 9.83. The van der Waals surface area contributed by atoms with E-state index in [1.165, 1.54) is 36.4 Å². The fourth-order valence-corrected chi connectivity index (χ4v) is 4.37. The maximum Gasteiger partial charge on any atom is 0.416 e. The van der Waals surface area contributed by atoms with Crippen LogP contribution < -0.4 is 10.6 Å². The van der Waals surface area contributed by atoms with Gasteiger partial charge in [0.15, 0.2) is 11.6 Å². The first-order valence-electron chi connectivity index (χ1n) is 11.5. The number of carbonyl (C=O) groups is 4. The summed E-state index contributed by atoms with van der Waals surface area (Å²) in [4.78, 5) is 51.6. The number of hydrogen-bond acceptors (Lipinski definition) is 4. The molecule has 2 N–H and O–H groups in total. The second-order valence-electron chi connectivity index (χ2n) is 8.61. The van der Waals surface area contributed by atoms with Crippen molar-refractivity contribution in [1.29, 1.82) is 0 Å². The van der Waals surface area contributed by atoms with Gasteiger partial charge in [-0.05, 0) is 48.5 Å². The van der Waals surface area contributed by atoms with Gasteiger partial charge in [0.25, 0.3) is 11.8 Å². The van der Waals surface area contributed by atoms with Crippen molar-refractivity contribution in [3.63, 3.8) is 0 Å². The molecule has 10 heteroatoms. The molecule has 2 amide bonds. The zero-order valence-electron chi connectivity index (χ0n) is 19.7. The Morgan fingerprint density at radius 2 is 1.18 bits per heavy atom. The molecule has 0 atom stereocenters. The molecule has 0 spiro atoms. The van der Waals surface area contributed by atoms with E-state index >= 15 is 0 Å². The highest BCUT2D eigenvalue weighted by Gasteiger charge is 2.32. The van der Waals surface area contributed by atoms with Gasteiger partial charge in [-0.25, -0.2) is 0 Å². The summed E-state index contributed by atoms with van der Waals surface area (Å²) in [5.74, 6) is -2.05. The molecule has 4 aromatic rings. The zero-order valence-corrected chi connectivity index (χ0v) is 20.5. The van der Waals surface area contributed by atoms with E-state index in [4.69, 9.17) is 11.6 Å². The Labute approximate surface area is 224 Å². The monoisotopic (exact) mass is 548 g/mol. The minimum atomic E-state index is -4.61. The third kappa shape index (κ3) is 4.92. The summed E-state index contributed by atoms with van der Waals surface area (Å²) in [7, 11) is 0. The summed E-state index contributed by atoms with van der Waals surface area (Å²) >= 11 is 5.94. The van der Waals surface area contributed by atoms with Crippen LogP contribution in [0.2, 0.25) is 5.02 Å². The lowest BCUT2D eigenvalue weighted by molar-refractivity contribution is -0.137. The fraction of sp³-hybridized carbons (Fsp3) is 0.0345. The number of benzene rings is 4. The topological polar surface area (TPSA) is 92.3 Å². The Morgan fingerprint density at radius 1 is 0.641 bits per heavy atom. The molecule has 0 unspecified atom stereocenters. The van der Waals surface area contributed by atoms with Gasteiger partial charge in [-0.3, -0.25) is 19.2 Å². The summed E-state index contributed by atoms with van der Waals surface area (Å²) in [5, 5.41) is 4.91. The number of fused-ring (bicyclic) bond motifs is 2. The minimum Gasteiger partial charge on any atom is -0.321 e. The number of alkyl halides is 3. The smallest absolute Gasteiger partial charge is 0.321 e. The summed E-state index contributed by atoms with van der Waals surface area (Å²) in [6.07, 6.45) is -4.61. The number of rotatable bonds is 4. The molecule has 0 radical (unpaired) electrons. The SMILES string of the molecule is O=C(Nc1cc(C(F)(F)F)ccc1Cl)c1ccc(C(=O)Nc2cccc3c2C(=O)c2ccccc2C3=O)cc1. The average Bonchev–Trinajstić information content (AvgIpc) is 2.92. The van der Waals surface area contributed by atoms with Crippen LogP contribution in [-0.2, 0) is 6.18 Å². The number of nitrogens with one attached hydrogen (secondary N) is 2. The van der Waals surface area contributed by atoms with Crippen molar-refractivity contribution in [3.8, 4) is 0 Å². The Balaban J connectivity index is 1.34. The molecule has 39 heavy (non-hydrogen) atoms.